The maximum absolute atomic E-state index is 5.54. The van der Waals surface area contributed by atoms with E-state index in [-0.39, 0.29) is 6.04 Å². The summed E-state index contributed by atoms with van der Waals surface area (Å²) in [6, 6.07) is 4.71. The fourth-order valence-electron chi connectivity index (χ4n) is 1.97. The second kappa shape index (κ2) is 6.57. The van der Waals surface area contributed by atoms with Crippen molar-refractivity contribution in [1.82, 2.24) is 10.2 Å². The van der Waals surface area contributed by atoms with E-state index in [1.165, 1.54) is 0 Å². The molecule has 3 nitrogen and oxygen atoms in total. The molecule has 1 N–H and O–H groups in total. The highest BCUT2D eigenvalue weighted by molar-refractivity contribution is 9.10. The Morgan fingerprint density at radius 2 is 1.94 bits per heavy atom. The zero-order valence-corrected chi connectivity index (χ0v) is 12.9. The molecule has 98 valence electrons. The van der Waals surface area contributed by atoms with Crippen LogP contribution < -0.4 is 5.32 Å². The van der Waals surface area contributed by atoms with Gasteiger partial charge in [0.2, 0.25) is 0 Å². The van der Waals surface area contributed by atoms with E-state index >= 15 is 0 Å². The summed E-state index contributed by atoms with van der Waals surface area (Å²) in [6.07, 6.45) is 0. The van der Waals surface area contributed by atoms with Gasteiger partial charge in [0, 0.05) is 12.6 Å². The Balaban J connectivity index is 2.49. The molecule has 1 aromatic rings. The number of hydrogen-bond acceptors (Lipinski definition) is 3. The summed E-state index contributed by atoms with van der Waals surface area (Å²) in [5, 5.41) is 3.52. The van der Waals surface area contributed by atoms with Gasteiger partial charge in [-0.3, -0.25) is 0 Å². The van der Waals surface area contributed by atoms with E-state index in [1.54, 1.807) is 0 Å². The molecule has 0 saturated carbocycles. The summed E-state index contributed by atoms with van der Waals surface area (Å²) < 4.78 is 6.33. The molecule has 0 bridgehead atoms. The summed E-state index contributed by atoms with van der Waals surface area (Å²) in [5.41, 5.74) is 0. The van der Waals surface area contributed by atoms with Crippen LogP contribution >= 0.6 is 15.9 Å². The maximum atomic E-state index is 5.54. The molecule has 0 spiro atoms. The van der Waals surface area contributed by atoms with Crippen molar-refractivity contribution in [3.63, 3.8) is 0 Å². The van der Waals surface area contributed by atoms with Crippen LogP contribution in [-0.4, -0.2) is 31.6 Å². The number of nitrogens with one attached hydrogen (secondary N) is 1. The summed E-state index contributed by atoms with van der Waals surface area (Å²) in [5.74, 6) is 1.60. The topological polar surface area (TPSA) is 28.4 Å². The van der Waals surface area contributed by atoms with Crippen LogP contribution in [0.15, 0.2) is 21.2 Å². The number of furan rings is 1. The van der Waals surface area contributed by atoms with Crippen molar-refractivity contribution in [2.75, 3.05) is 20.6 Å². The maximum Gasteiger partial charge on any atom is 0.169 e. The number of rotatable bonds is 6. The Labute approximate surface area is 113 Å². The lowest BCUT2D eigenvalue weighted by molar-refractivity contribution is 0.217. The molecule has 1 heterocycles. The third-order valence-corrected chi connectivity index (χ3v) is 3.51. The lowest BCUT2D eigenvalue weighted by Gasteiger charge is -2.29. The van der Waals surface area contributed by atoms with Crippen molar-refractivity contribution >= 4 is 15.9 Å². The van der Waals surface area contributed by atoms with Crippen molar-refractivity contribution in [3.8, 4) is 0 Å². The van der Waals surface area contributed by atoms with E-state index in [0.29, 0.717) is 12.0 Å². The van der Waals surface area contributed by atoms with Crippen LogP contribution in [0.4, 0.5) is 0 Å². The molecule has 1 aromatic heterocycles. The highest BCUT2D eigenvalue weighted by atomic mass is 79.9. The van der Waals surface area contributed by atoms with Crippen LogP contribution in [0.5, 0.6) is 0 Å². The highest BCUT2D eigenvalue weighted by Gasteiger charge is 2.17. The van der Waals surface area contributed by atoms with E-state index in [9.17, 15) is 0 Å². The minimum atomic E-state index is 0.238. The van der Waals surface area contributed by atoms with Crippen molar-refractivity contribution in [1.29, 1.82) is 0 Å². The molecule has 1 rings (SSSR count). The second-order valence-corrected chi connectivity index (χ2v) is 5.83. The lowest BCUT2D eigenvalue weighted by atomic mass is 10.0. The first kappa shape index (κ1) is 14.7. The van der Waals surface area contributed by atoms with Gasteiger partial charge in [-0.25, -0.2) is 0 Å². The predicted octanol–water partition coefficient (Wildman–Crippen LogP) is 3.28. The van der Waals surface area contributed by atoms with Crippen LogP contribution in [-0.2, 0) is 0 Å². The van der Waals surface area contributed by atoms with Gasteiger partial charge in [-0.1, -0.05) is 13.8 Å². The third-order valence-electron chi connectivity index (χ3n) is 3.09. The van der Waals surface area contributed by atoms with Crippen LogP contribution in [0.25, 0.3) is 0 Å². The third kappa shape index (κ3) is 4.45. The molecule has 2 unspecified atom stereocenters. The van der Waals surface area contributed by atoms with E-state index in [2.05, 4.69) is 61.0 Å². The molecule has 0 radical (unpaired) electrons. The first-order valence-electron chi connectivity index (χ1n) is 6.07. The molecule has 0 aliphatic carbocycles. The van der Waals surface area contributed by atoms with E-state index in [0.717, 1.165) is 17.0 Å². The molecule has 0 aliphatic rings. The van der Waals surface area contributed by atoms with Crippen molar-refractivity contribution < 1.29 is 4.42 Å². The van der Waals surface area contributed by atoms with Gasteiger partial charge in [-0.2, -0.15) is 0 Å². The molecule has 2 atom stereocenters. The summed E-state index contributed by atoms with van der Waals surface area (Å²) >= 11 is 3.32. The molecule has 0 saturated heterocycles. The first-order valence-corrected chi connectivity index (χ1v) is 6.86. The van der Waals surface area contributed by atoms with Gasteiger partial charge in [0.25, 0.3) is 0 Å². The van der Waals surface area contributed by atoms with Gasteiger partial charge < -0.3 is 14.6 Å². The van der Waals surface area contributed by atoms with E-state index in [4.69, 9.17) is 4.42 Å². The zero-order chi connectivity index (χ0) is 13.0. The molecule has 17 heavy (non-hydrogen) atoms. The summed E-state index contributed by atoms with van der Waals surface area (Å²) in [4.78, 5) is 2.27. The quantitative estimate of drug-likeness (QED) is 0.874. The van der Waals surface area contributed by atoms with Gasteiger partial charge >= 0.3 is 0 Å². The molecule has 0 aliphatic heterocycles. The Bertz CT molecular complexity index is 328. The number of nitrogens with zero attached hydrogens (tertiary/aromatic N) is 1. The number of hydrogen-bond donors (Lipinski definition) is 1. The Kier molecular flexibility index (Phi) is 5.70. The highest BCUT2D eigenvalue weighted by Crippen LogP contribution is 2.20. The predicted molar refractivity (Wildman–Crippen MR) is 75.1 cm³/mol. The Hall–Kier alpha value is -0.320. The number of halogens is 1. The number of likely N-dealkylation sites (N-methyl/N-ethyl adjacent to an activating group) is 1. The van der Waals surface area contributed by atoms with Crippen molar-refractivity contribution in [2.24, 2.45) is 5.92 Å². The average Bonchev–Trinajstić information content (AvgIpc) is 2.63. The molecule has 0 aromatic carbocycles. The van der Waals surface area contributed by atoms with Gasteiger partial charge in [0.15, 0.2) is 4.67 Å². The standard InChI is InChI=1S/C13H23BrN2O/c1-9(2)11(16(4)5)8-15-10(3)12-6-7-13(14)17-12/h6-7,9-11,15H,8H2,1-5H3. The zero-order valence-electron chi connectivity index (χ0n) is 11.3. The van der Waals surface area contributed by atoms with Crippen molar-refractivity contribution in [2.45, 2.75) is 32.9 Å². The fourth-order valence-corrected chi connectivity index (χ4v) is 2.29. The van der Waals surface area contributed by atoms with Crippen molar-refractivity contribution in [3.05, 3.63) is 22.6 Å². The van der Waals surface area contributed by atoms with Crippen LogP contribution in [0.1, 0.15) is 32.6 Å². The van der Waals surface area contributed by atoms with Gasteiger partial charge in [0.1, 0.15) is 5.76 Å². The fraction of sp³-hybridized carbons (Fsp3) is 0.692. The van der Waals surface area contributed by atoms with Gasteiger partial charge in [-0.15, -0.1) is 0 Å². The average molecular weight is 303 g/mol. The summed E-state index contributed by atoms with van der Waals surface area (Å²) in [6.45, 7) is 7.59. The minimum Gasteiger partial charge on any atom is -0.453 e. The smallest absolute Gasteiger partial charge is 0.169 e. The molecule has 0 amide bonds. The second-order valence-electron chi connectivity index (χ2n) is 5.05. The summed E-state index contributed by atoms with van der Waals surface area (Å²) in [7, 11) is 4.25. The molecular formula is C13H23BrN2O. The Morgan fingerprint density at radius 1 is 1.29 bits per heavy atom. The minimum absolute atomic E-state index is 0.238. The van der Waals surface area contributed by atoms with E-state index in [1.807, 2.05) is 12.1 Å². The monoisotopic (exact) mass is 302 g/mol. The van der Waals surface area contributed by atoms with Crippen LogP contribution in [0.2, 0.25) is 0 Å². The largest absolute Gasteiger partial charge is 0.453 e. The normalized spacial score (nSPS) is 15.5. The molecule has 4 heteroatoms. The molecule has 0 fully saturated rings. The van der Waals surface area contributed by atoms with Crippen LogP contribution in [0.3, 0.4) is 0 Å². The lowest BCUT2D eigenvalue weighted by Crippen LogP contribution is -2.42. The SMILES string of the molecule is CC(NCC(C(C)C)N(C)C)c1ccc(Br)o1. The van der Waals surface area contributed by atoms with Gasteiger partial charge in [-0.05, 0) is 55.0 Å². The molecular weight excluding hydrogens is 280 g/mol. The van der Waals surface area contributed by atoms with E-state index < -0.39 is 0 Å². The Morgan fingerprint density at radius 3 is 2.35 bits per heavy atom. The first-order chi connectivity index (χ1) is 7.91. The van der Waals surface area contributed by atoms with Crippen LogP contribution in [0, 0.1) is 5.92 Å². The van der Waals surface area contributed by atoms with Gasteiger partial charge in [0.05, 0.1) is 6.04 Å².